The maximum Gasteiger partial charge on any atom is 0.416 e. The maximum atomic E-state index is 12.8. The Morgan fingerprint density at radius 1 is 1.34 bits per heavy atom. The highest BCUT2D eigenvalue weighted by Crippen LogP contribution is 2.49. The molecule has 2 aliphatic carbocycles. The molecule has 4 N–H and O–H groups in total. The number of carbonyl (C=O) groups is 1. The summed E-state index contributed by atoms with van der Waals surface area (Å²) >= 11 is 0. The molecule has 0 amide bonds. The Morgan fingerprint density at radius 3 is 2.79 bits per heavy atom. The Kier molecular flexibility index (Phi) is 6.17. The van der Waals surface area contributed by atoms with Gasteiger partial charge in [0.05, 0.1) is 30.6 Å². The van der Waals surface area contributed by atoms with E-state index >= 15 is 0 Å². The summed E-state index contributed by atoms with van der Waals surface area (Å²) in [5.41, 5.74) is 3.59. The van der Waals surface area contributed by atoms with Crippen LogP contribution >= 0.6 is 0 Å². The topological polar surface area (TPSA) is 99.0 Å². The fourth-order valence-electron chi connectivity index (χ4n) is 3.53. The molecular weight excluding hydrogens is 391 g/mol. The highest BCUT2D eigenvalue weighted by Gasteiger charge is 2.45. The average molecular weight is 411 g/mol. The van der Waals surface area contributed by atoms with Crippen LogP contribution in [0.2, 0.25) is 0 Å². The van der Waals surface area contributed by atoms with Gasteiger partial charge in [-0.2, -0.15) is 13.2 Å². The van der Waals surface area contributed by atoms with Crippen molar-refractivity contribution in [1.82, 2.24) is 5.48 Å². The van der Waals surface area contributed by atoms with Gasteiger partial charge in [0.1, 0.15) is 6.10 Å². The quantitative estimate of drug-likeness (QED) is 0.326. The standard InChI is InChI=1S/C20H20F3NO5/c21-20(22,23)12-3-1-2-11(8-12)17(25)5-4-13-14-9-16(15(14)10-18(13)26)24-29-7-6-19(27)28/h1-3,8,13-14,17-18,24-26H,6-7,9-10H2,(H,27,28). The molecule has 3 rings (SSSR count). The van der Waals surface area contributed by atoms with Gasteiger partial charge < -0.3 is 15.3 Å². The van der Waals surface area contributed by atoms with E-state index in [9.17, 15) is 28.2 Å². The fourth-order valence-corrected chi connectivity index (χ4v) is 3.53. The summed E-state index contributed by atoms with van der Waals surface area (Å²) in [6.07, 6.45) is -5.87. The minimum atomic E-state index is -4.51. The van der Waals surface area contributed by atoms with Crippen molar-refractivity contribution in [1.29, 1.82) is 0 Å². The molecule has 0 radical (unpaired) electrons. The molecule has 1 aromatic rings. The molecule has 0 heterocycles. The lowest BCUT2D eigenvalue weighted by Crippen LogP contribution is -2.30. The third-order valence-electron chi connectivity index (χ3n) is 5.07. The number of halogens is 3. The van der Waals surface area contributed by atoms with E-state index in [1.54, 1.807) is 0 Å². The van der Waals surface area contributed by atoms with Crippen LogP contribution in [-0.4, -0.2) is 34.0 Å². The second kappa shape index (κ2) is 8.45. The number of hydroxylamine groups is 1. The fraction of sp³-hybridized carbons (Fsp3) is 0.450. The van der Waals surface area contributed by atoms with Crippen molar-refractivity contribution >= 4 is 5.97 Å². The number of rotatable bonds is 6. The molecule has 4 unspecified atom stereocenters. The summed E-state index contributed by atoms with van der Waals surface area (Å²) in [5.74, 6) is 3.93. The first-order valence-electron chi connectivity index (χ1n) is 9.02. The predicted molar refractivity (Wildman–Crippen MR) is 94.8 cm³/mol. The van der Waals surface area contributed by atoms with E-state index in [0.717, 1.165) is 23.4 Å². The van der Waals surface area contributed by atoms with E-state index in [1.165, 1.54) is 12.1 Å². The van der Waals surface area contributed by atoms with E-state index in [0.29, 0.717) is 12.8 Å². The molecule has 6 nitrogen and oxygen atoms in total. The normalized spacial score (nSPS) is 24.2. The third kappa shape index (κ3) is 4.90. The van der Waals surface area contributed by atoms with E-state index in [4.69, 9.17) is 9.94 Å². The smallest absolute Gasteiger partial charge is 0.416 e. The molecule has 0 bridgehead atoms. The van der Waals surface area contributed by atoms with E-state index < -0.39 is 35.8 Å². The van der Waals surface area contributed by atoms with Crippen molar-refractivity contribution in [3.05, 3.63) is 46.7 Å². The van der Waals surface area contributed by atoms with Crippen molar-refractivity contribution < 1.29 is 38.1 Å². The Morgan fingerprint density at radius 2 is 2.10 bits per heavy atom. The number of nitrogens with one attached hydrogen (secondary N) is 1. The number of carboxylic acids is 1. The summed E-state index contributed by atoms with van der Waals surface area (Å²) in [6, 6.07) is 4.35. The van der Waals surface area contributed by atoms with Gasteiger partial charge in [0.15, 0.2) is 0 Å². The molecule has 1 fully saturated rings. The van der Waals surface area contributed by atoms with Crippen LogP contribution in [0.5, 0.6) is 0 Å². The van der Waals surface area contributed by atoms with Crippen LogP contribution in [0.15, 0.2) is 35.5 Å². The van der Waals surface area contributed by atoms with Crippen molar-refractivity contribution in [3.8, 4) is 11.8 Å². The lowest BCUT2D eigenvalue weighted by molar-refractivity contribution is -0.139. The zero-order chi connectivity index (χ0) is 21.2. The minimum Gasteiger partial charge on any atom is -0.481 e. The number of alkyl halides is 3. The molecular formula is C20H20F3NO5. The van der Waals surface area contributed by atoms with Crippen LogP contribution in [0.1, 0.15) is 36.5 Å². The minimum absolute atomic E-state index is 0.00570. The molecule has 156 valence electrons. The van der Waals surface area contributed by atoms with E-state index in [-0.39, 0.29) is 24.5 Å². The summed E-state index contributed by atoms with van der Waals surface area (Å²) in [5, 5.41) is 29.0. The molecule has 0 aliphatic heterocycles. The zero-order valence-electron chi connectivity index (χ0n) is 15.2. The van der Waals surface area contributed by atoms with Crippen molar-refractivity contribution in [2.24, 2.45) is 11.8 Å². The lowest BCUT2D eigenvalue weighted by atomic mass is 9.79. The van der Waals surface area contributed by atoms with Gasteiger partial charge in [-0.05, 0) is 36.1 Å². The monoisotopic (exact) mass is 411 g/mol. The molecule has 29 heavy (non-hydrogen) atoms. The van der Waals surface area contributed by atoms with Gasteiger partial charge in [0.2, 0.25) is 0 Å². The number of benzene rings is 1. The third-order valence-corrected chi connectivity index (χ3v) is 5.07. The van der Waals surface area contributed by atoms with Crippen molar-refractivity contribution in [3.63, 3.8) is 0 Å². The zero-order valence-corrected chi connectivity index (χ0v) is 15.2. The lowest BCUT2D eigenvalue weighted by Gasteiger charge is -2.30. The van der Waals surface area contributed by atoms with Crippen molar-refractivity contribution in [2.45, 2.75) is 37.6 Å². The van der Waals surface area contributed by atoms with Gasteiger partial charge in [0.25, 0.3) is 0 Å². The van der Waals surface area contributed by atoms with E-state index in [2.05, 4.69) is 17.3 Å². The number of aliphatic hydroxyl groups excluding tert-OH is 2. The van der Waals surface area contributed by atoms with Gasteiger partial charge in [-0.1, -0.05) is 24.0 Å². The maximum absolute atomic E-state index is 12.8. The Labute approximate surface area is 164 Å². The van der Waals surface area contributed by atoms with Crippen LogP contribution in [0, 0.1) is 23.7 Å². The molecule has 0 spiro atoms. The molecule has 4 atom stereocenters. The highest BCUT2D eigenvalue weighted by molar-refractivity contribution is 5.66. The number of fused-ring (bicyclic) bond motifs is 1. The van der Waals surface area contributed by atoms with Crippen LogP contribution in [0.4, 0.5) is 13.2 Å². The number of allylic oxidation sites excluding steroid dienone is 1. The first kappa shape index (κ1) is 21.2. The molecule has 2 aliphatic rings. The Bertz CT molecular complexity index is 871. The number of aliphatic hydroxyl groups is 2. The first-order chi connectivity index (χ1) is 13.7. The van der Waals surface area contributed by atoms with Gasteiger partial charge in [-0.3, -0.25) is 15.1 Å². The first-order valence-corrected chi connectivity index (χ1v) is 9.02. The Hall–Kier alpha value is -2.54. The van der Waals surface area contributed by atoms with Gasteiger partial charge in [-0.15, -0.1) is 0 Å². The Balaban J connectivity index is 1.62. The highest BCUT2D eigenvalue weighted by atomic mass is 19.4. The van der Waals surface area contributed by atoms with Crippen LogP contribution in [0.25, 0.3) is 0 Å². The number of hydrogen-bond donors (Lipinski definition) is 4. The SMILES string of the molecule is O=C(O)CCONC1=C2CC(O)C(C#CC(O)c3cccc(C(F)(F)F)c3)C2C1. The summed E-state index contributed by atoms with van der Waals surface area (Å²) in [4.78, 5) is 15.5. The van der Waals surface area contributed by atoms with Gasteiger partial charge in [-0.25, -0.2) is 0 Å². The van der Waals surface area contributed by atoms with Gasteiger partial charge in [0, 0.05) is 11.6 Å². The average Bonchev–Trinajstić information content (AvgIpc) is 2.89. The predicted octanol–water partition coefficient (Wildman–Crippen LogP) is 2.39. The van der Waals surface area contributed by atoms with Crippen LogP contribution in [-0.2, 0) is 15.8 Å². The number of carboxylic acid groups (broad SMARTS) is 1. The molecule has 0 saturated heterocycles. The van der Waals surface area contributed by atoms with Crippen molar-refractivity contribution in [2.75, 3.05) is 6.61 Å². The molecule has 1 aromatic carbocycles. The molecule has 1 saturated carbocycles. The number of hydrogen-bond acceptors (Lipinski definition) is 5. The molecule has 0 aromatic heterocycles. The summed E-state index contributed by atoms with van der Waals surface area (Å²) in [7, 11) is 0. The summed E-state index contributed by atoms with van der Waals surface area (Å²) in [6.45, 7) is 0.00570. The number of aliphatic carboxylic acids is 1. The van der Waals surface area contributed by atoms with E-state index in [1.807, 2.05) is 0 Å². The van der Waals surface area contributed by atoms with Crippen LogP contribution < -0.4 is 5.48 Å². The van der Waals surface area contributed by atoms with Crippen LogP contribution in [0.3, 0.4) is 0 Å². The largest absolute Gasteiger partial charge is 0.481 e. The second-order valence-corrected chi connectivity index (χ2v) is 7.02. The molecule has 9 heteroatoms. The summed E-state index contributed by atoms with van der Waals surface area (Å²) < 4.78 is 38.4. The second-order valence-electron chi connectivity index (χ2n) is 7.02. The van der Waals surface area contributed by atoms with Gasteiger partial charge >= 0.3 is 12.1 Å².